The molecule has 156 valence electrons. The number of nitrogens with zero attached hydrogens (tertiary/aromatic N) is 2. The molecule has 1 atom stereocenters. The summed E-state index contributed by atoms with van der Waals surface area (Å²) >= 11 is 0. The van der Waals surface area contributed by atoms with Crippen LogP contribution in [0.1, 0.15) is 43.6 Å². The van der Waals surface area contributed by atoms with Crippen LogP contribution in [-0.4, -0.2) is 60.8 Å². The number of esters is 1. The molecule has 1 aliphatic heterocycles. The lowest BCUT2D eigenvalue weighted by Gasteiger charge is -2.19. The number of rotatable bonds is 6. The molecule has 1 aliphatic rings. The number of methoxy groups -OCH3 is 1. The third-order valence-corrected chi connectivity index (χ3v) is 4.78. The van der Waals surface area contributed by atoms with Gasteiger partial charge in [0.1, 0.15) is 11.3 Å². The summed E-state index contributed by atoms with van der Waals surface area (Å²) in [6.45, 7) is 1.47. The van der Waals surface area contributed by atoms with E-state index < -0.39 is 12.1 Å². The molecule has 30 heavy (non-hydrogen) atoms. The number of benzene rings is 2. The minimum Gasteiger partial charge on any atom is -0.496 e. The number of hydrogen-bond donors (Lipinski definition) is 0. The van der Waals surface area contributed by atoms with Crippen molar-refractivity contribution in [3.63, 3.8) is 0 Å². The fourth-order valence-electron chi connectivity index (χ4n) is 3.22. The van der Waals surface area contributed by atoms with E-state index in [1.54, 1.807) is 50.5 Å². The maximum absolute atomic E-state index is 12.6. The van der Waals surface area contributed by atoms with Crippen molar-refractivity contribution < 1.29 is 28.7 Å². The van der Waals surface area contributed by atoms with Crippen LogP contribution in [0, 0.1) is 0 Å². The second-order valence-corrected chi connectivity index (χ2v) is 7.06. The van der Waals surface area contributed by atoms with E-state index in [1.807, 2.05) is 0 Å². The summed E-state index contributed by atoms with van der Waals surface area (Å²) in [4.78, 5) is 52.2. The van der Waals surface area contributed by atoms with E-state index in [2.05, 4.69) is 0 Å². The Morgan fingerprint density at radius 2 is 1.63 bits per heavy atom. The summed E-state index contributed by atoms with van der Waals surface area (Å²) in [5.41, 5.74) is 1.35. The third-order valence-electron chi connectivity index (χ3n) is 4.78. The number of imide groups is 1. The van der Waals surface area contributed by atoms with Crippen molar-refractivity contribution >= 4 is 23.7 Å². The fraction of sp³-hybridized carbons (Fsp3) is 0.273. The van der Waals surface area contributed by atoms with Gasteiger partial charge >= 0.3 is 5.97 Å². The molecular weight excluding hydrogens is 388 g/mol. The van der Waals surface area contributed by atoms with Gasteiger partial charge in [-0.3, -0.25) is 19.3 Å². The average molecular weight is 410 g/mol. The number of carbonyl (C=O) groups excluding carboxylic acids is 4. The second kappa shape index (κ2) is 8.36. The van der Waals surface area contributed by atoms with Crippen molar-refractivity contribution in [2.75, 3.05) is 21.2 Å². The average Bonchev–Trinajstić information content (AvgIpc) is 2.98. The lowest BCUT2D eigenvalue weighted by atomic mass is 10.1. The van der Waals surface area contributed by atoms with Gasteiger partial charge in [-0.1, -0.05) is 18.2 Å². The highest BCUT2D eigenvalue weighted by atomic mass is 16.5. The Balaban J connectivity index is 1.83. The van der Waals surface area contributed by atoms with Crippen LogP contribution in [0.5, 0.6) is 5.75 Å². The first-order valence-electron chi connectivity index (χ1n) is 9.29. The molecule has 1 heterocycles. The molecule has 0 saturated heterocycles. The first-order chi connectivity index (χ1) is 14.2. The van der Waals surface area contributed by atoms with Crippen LogP contribution in [0.4, 0.5) is 0 Å². The SMILES string of the molecule is COc1ccc(CN2C(=O)c3ccccc3C2=O)cc1C(=O)O[C@H](C)C(=O)N(C)C. The first kappa shape index (κ1) is 21.0. The van der Waals surface area contributed by atoms with E-state index in [1.165, 1.54) is 25.0 Å². The summed E-state index contributed by atoms with van der Waals surface area (Å²) in [6, 6.07) is 11.3. The smallest absolute Gasteiger partial charge is 0.342 e. The van der Waals surface area contributed by atoms with Crippen molar-refractivity contribution in [1.29, 1.82) is 0 Å². The van der Waals surface area contributed by atoms with Crippen LogP contribution < -0.4 is 4.74 Å². The molecule has 0 unspecified atom stereocenters. The number of amides is 3. The van der Waals surface area contributed by atoms with Gasteiger partial charge in [0, 0.05) is 14.1 Å². The van der Waals surface area contributed by atoms with Crippen molar-refractivity contribution in [2.24, 2.45) is 0 Å². The molecule has 0 fully saturated rings. The molecule has 2 aromatic rings. The Labute approximate surface area is 174 Å². The van der Waals surface area contributed by atoms with Crippen molar-refractivity contribution in [2.45, 2.75) is 19.6 Å². The molecule has 3 amide bonds. The quantitative estimate of drug-likeness (QED) is 0.535. The minimum atomic E-state index is -0.975. The lowest BCUT2D eigenvalue weighted by molar-refractivity contribution is -0.137. The molecule has 0 saturated carbocycles. The zero-order valence-corrected chi connectivity index (χ0v) is 17.2. The maximum Gasteiger partial charge on any atom is 0.342 e. The number of carbonyl (C=O) groups is 4. The van der Waals surface area contributed by atoms with Gasteiger partial charge in [0.2, 0.25) is 0 Å². The third kappa shape index (κ3) is 3.89. The largest absolute Gasteiger partial charge is 0.496 e. The highest BCUT2D eigenvalue weighted by Crippen LogP contribution is 2.27. The predicted octanol–water partition coefficient (Wildman–Crippen LogP) is 2.12. The number of ether oxygens (including phenoxy) is 2. The standard InChI is InChI=1S/C22H22N2O6/c1-13(19(25)23(2)3)30-22(28)17-11-14(9-10-18(17)29-4)12-24-20(26)15-7-5-6-8-16(15)21(24)27/h5-11,13H,12H2,1-4H3/t13-/m1/s1. The van der Waals surface area contributed by atoms with Gasteiger partial charge in [-0.15, -0.1) is 0 Å². The highest BCUT2D eigenvalue weighted by molar-refractivity contribution is 6.21. The first-order valence-corrected chi connectivity index (χ1v) is 9.29. The normalized spacial score (nSPS) is 13.7. The van der Waals surface area contributed by atoms with Crippen LogP contribution in [0.25, 0.3) is 0 Å². The summed E-state index contributed by atoms with van der Waals surface area (Å²) in [5, 5.41) is 0. The van der Waals surface area contributed by atoms with Gasteiger partial charge in [0.05, 0.1) is 24.8 Å². The van der Waals surface area contributed by atoms with E-state index in [0.717, 1.165) is 4.90 Å². The molecule has 0 bridgehead atoms. The summed E-state index contributed by atoms with van der Waals surface area (Å²) < 4.78 is 10.5. The van der Waals surface area contributed by atoms with E-state index in [0.29, 0.717) is 16.7 Å². The highest BCUT2D eigenvalue weighted by Gasteiger charge is 2.35. The van der Waals surface area contributed by atoms with Crippen LogP contribution in [0.15, 0.2) is 42.5 Å². The predicted molar refractivity (Wildman–Crippen MR) is 107 cm³/mol. The van der Waals surface area contributed by atoms with Crippen LogP contribution in [0.3, 0.4) is 0 Å². The van der Waals surface area contributed by atoms with Crippen molar-refractivity contribution in [3.05, 3.63) is 64.7 Å². The molecule has 0 aliphatic carbocycles. The van der Waals surface area contributed by atoms with E-state index in [9.17, 15) is 19.2 Å². The Morgan fingerprint density at radius 3 is 2.17 bits per heavy atom. The molecule has 2 aromatic carbocycles. The van der Waals surface area contributed by atoms with E-state index in [-0.39, 0.29) is 35.6 Å². The van der Waals surface area contributed by atoms with Gasteiger partial charge in [-0.05, 0) is 36.8 Å². The lowest BCUT2D eigenvalue weighted by Crippen LogP contribution is -2.35. The van der Waals surface area contributed by atoms with Crippen LogP contribution >= 0.6 is 0 Å². The van der Waals surface area contributed by atoms with Crippen LogP contribution in [-0.2, 0) is 16.1 Å². The number of fused-ring (bicyclic) bond motifs is 1. The molecule has 0 radical (unpaired) electrons. The van der Waals surface area contributed by atoms with Gasteiger partial charge < -0.3 is 14.4 Å². The van der Waals surface area contributed by atoms with Gasteiger partial charge in [0.15, 0.2) is 6.10 Å². The zero-order chi connectivity index (χ0) is 22.0. The topological polar surface area (TPSA) is 93.2 Å². The number of hydrogen-bond acceptors (Lipinski definition) is 6. The molecule has 3 rings (SSSR count). The minimum absolute atomic E-state index is 0.0111. The molecule has 0 spiro atoms. The van der Waals surface area contributed by atoms with Crippen molar-refractivity contribution in [1.82, 2.24) is 9.80 Å². The Kier molecular flexibility index (Phi) is 5.86. The fourth-order valence-corrected chi connectivity index (χ4v) is 3.22. The molecule has 0 aromatic heterocycles. The Hall–Kier alpha value is -3.68. The Bertz CT molecular complexity index is 995. The molecule has 8 heteroatoms. The van der Waals surface area contributed by atoms with Gasteiger partial charge in [0.25, 0.3) is 17.7 Å². The maximum atomic E-state index is 12.6. The van der Waals surface area contributed by atoms with Gasteiger partial charge in [-0.25, -0.2) is 4.79 Å². The number of likely N-dealkylation sites (N-methyl/N-ethyl adjacent to an activating group) is 1. The Morgan fingerprint density at radius 1 is 1.03 bits per heavy atom. The zero-order valence-electron chi connectivity index (χ0n) is 17.2. The second-order valence-electron chi connectivity index (χ2n) is 7.06. The molecule has 0 N–H and O–H groups in total. The van der Waals surface area contributed by atoms with Gasteiger partial charge in [-0.2, -0.15) is 0 Å². The summed E-state index contributed by atoms with van der Waals surface area (Å²) in [6.07, 6.45) is -0.975. The summed E-state index contributed by atoms with van der Waals surface area (Å²) in [7, 11) is 4.54. The van der Waals surface area contributed by atoms with E-state index in [4.69, 9.17) is 9.47 Å². The summed E-state index contributed by atoms with van der Waals surface area (Å²) in [5.74, 6) is -1.61. The van der Waals surface area contributed by atoms with E-state index >= 15 is 0 Å². The molecule has 8 nitrogen and oxygen atoms in total. The van der Waals surface area contributed by atoms with Crippen LogP contribution in [0.2, 0.25) is 0 Å². The monoisotopic (exact) mass is 410 g/mol. The molecular formula is C22H22N2O6. The van der Waals surface area contributed by atoms with Crippen molar-refractivity contribution in [3.8, 4) is 5.75 Å².